The second kappa shape index (κ2) is 9.65. The molecule has 3 N–H and O–H groups in total. The molecule has 2 aliphatic heterocycles. The number of benzene rings is 2. The number of amides is 2. The van der Waals surface area contributed by atoms with Crippen molar-refractivity contribution >= 4 is 21.8 Å². The quantitative estimate of drug-likeness (QED) is 0.471. The number of fused-ring (bicyclic) bond motifs is 1. The van der Waals surface area contributed by atoms with Crippen LogP contribution < -0.4 is 24.8 Å². The third kappa shape index (κ3) is 5.35. The first-order valence-corrected chi connectivity index (χ1v) is 11.6. The van der Waals surface area contributed by atoms with Crippen molar-refractivity contribution in [3.63, 3.8) is 0 Å². The molecular weight excluding hydrogens is 454 g/mol. The first-order chi connectivity index (χ1) is 15.8. The van der Waals surface area contributed by atoms with Gasteiger partial charge in [-0.2, -0.15) is 4.31 Å². The SMILES string of the molecule is O=C1CN(S(=O)(=O)c2cccc(C(=O)NCC(O)COc3ccc4c(c3)OCO4)c2)CCN1. The summed E-state index contributed by atoms with van der Waals surface area (Å²) in [6, 6.07) is 10.5. The number of carbonyl (C=O) groups is 2. The zero-order valence-electron chi connectivity index (χ0n) is 17.5. The molecule has 2 aliphatic rings. The minimum atomic E-state index is -3.92. The molecule has 4 rings (SSSR count). The Hall–Kier alpha value is -3.35. The van der Waals surface area contributed by atoms with E-state index in [-0.39, 0.29) is 55.9 Å². The highest BCUT2D eigenvalue weighted by Gasteiger charge is 2.29. The van der Waals surface area contributed by atoms with E-state index in [1.54, 1.807) is 18.2 Å². The minimum Gasteiger partial charge on any atom is -0.491 e. The minimum absolute atomic E-state index is 0.0780. The van der Waals surface area contributed by atoms with Gasteiger partial charge in [-0.15, -0.1) is 0 Å². The van der Waals surface area contributed by atoms with Gasteiger partial charge >= 0.3 is 0 Å². The first-order valence-electron chi connectivity index (χ1n) is 10.2. The monoisotopic (exact) mass is 477 g/mol. The van der Waals surface area contributed by atoms with Crippen LogP contribution in [0.3, 0.4) is 0 Å². The Morgan fingerprint density at radius 1 is 1.21 bits per heavy atom. The average Bonchev–Trinajstić information content (AvgIpc) is 3.29. The maximum atomic E-state index is 12.8. The number of nitrogens with one attached hydrogen (secondary N) is 2. The Morgan fingerprint density at radius 3 is 2.85 bits per heavy atom. The molecular formula is C21H23N3O8S. The molecule has 0 bridgehead atoms. The molecule has 0 radical (unpaired) electrons. The standard InChI is InChI=1S/C21H23N3O8S/c25-15(12-30-16-4-5-18-19(9-16)32-13-31-18)10-23-21(27)14-2-1-3-17(8-14)33(28,29)24-7-6-22-20(26)11-24/h1-5,8-9,15,25H,6-7,10-13H2,(H,22,26)(H,23,27). The summed E-state index contributed by atoms with van der Waals surface area (Å²) >= 11 is 0. The van der Waals surface area contributed by atoms with E-state index in [4.69, 9.17) is 14.2 Å². The van der Waals surface area contributed by atoms with Gasteiger partial charge in [-0.25, -0.2) is 8.42 Å². The highest BCUT2D eigenvalue weighted by molar-refractivity contribution is 7.89. The summed E-state index contributed by atoms with van der Waals surface area (Å²) in [5.74, 6) is 0.716. The van der Waals surface area contributed by atoms with Crippen LogP contribution in [0, 0.1) is 0 Å². The molecule has 0 spiro atoms. The predicted molar refractivity (Wildman–Crippen MR) is 115 cm³/mol. The summed E-state index contributed by atoms with van der Waals surface area (Å²) in [6.07, 6.45) is -1.00. The third-order valence-electron chi connectivity index (χ3n) is 5.02. The third-order valence-corrected chi connectivity index (χ3v) is 6.86. The molecule has 2 aromatic carbocycles. The van der Waals surface area contributed by atoms with E-state index < -0.39 is 22.0 Å². The van der Waals surface area contributed by atoms with E-state index >= 15 is 0 Å². The number of ether oxygens (including phenoxy) is 3. The number of rotatable bonds is 8. The fraction of sp³-hybridized carbons (Fsp3) is 0.333. The van der Waals surface area contributed by atoms with Crippen molar-refractivity contribution in [1.29, 1.82) is 0 Å². The molecule has 2 amide bonds. The van der Waals surface area contributed by atoms with E-state index in [0.717, 1.165) is 4.31 Å². The van der Waals surface area contributed by atoms with Crippen molar-refractivity contribution in [2.24, 2.45) is 0 Å². The Morgan fingerprint density at radius 2 is 2.03 bits per heavy atom. The van der Waals surface area contributed by atoms with E-state index in [1.165, 1.54) is 24.3 Å². The van der Waals surface area contributed by atoms with Gasteiger partial charge in [0.25, 0.3) is 5.91 Å². The average molecular weight is 477 g/mol. The highest BCUT2D eigenvalue weighted by Crippen LogP contribution is 2.35. The maximum absolute atomic E-state index is 12.8. The first kappa shape index (κ1) is 22.8. The number of aliphatic hydroxyl groups excluding tert-OH is 1. The van der Waals surface area contributed by atoms with Gasteiger partial charge < -0.3 is 30.0 Å². The lowest BCUT2D eigenvalue weighted by Gasteiger charge is -2.26. The van der Waals surface area contributed by atoms with Crippen molar-refractivity contribution in [2.75, 3.05) is 39.6 Å². The zero-order valence-corrected chi connectivity index (χ0v) is 18.3. The number of sulfonamides is 1. The smallest absolute Gasteiger partial charge is 0.251 e. The van der Waals surface area contributed by atoms with Crippen LogP contribution in [0.4, 0.5) is 0 Å². The lowest BCUT2D eigenvalue weighted by atomic mass is 10.2. The molecule has 1 atom stereocenters. The fourth-order valence-electron chi connectivity index (χ4n) is 3.30. The fourth-order valence-corrected chi connectivity index (χ4v) is 4.74. The van der Waals surface area contributed by atoms with Gasteiger partial charge in [-0.3, -0.25) is 9.59 Å². The van der Waals surface area contributed by atoms with E-state index in [1.807, 2.05) is 0 Å². The second-order valence-corrected chi connectivity index (χ2v) is 9.34. The van der Waals surface area contributed by atoms with E-state index in [9.17, 15) is 23.1 Å². The van der Waals surface area contributed by atoms with Gasteiger partial charge in [0.2, 0.25) is 22.7 Å². The number of hydrogen-bond acceptors (Lipinski definition) is 8. The summed E-state index contributed by atoms with van der Waals surface area (Å²) in [5.41, 5.74) is 0.112. The zero-order chi connectivity index (χ0) is 23.4. The van der Waals surface area contributed by atoms with Crippen LogP contribution in [-0.4, -0.2) is 75.3 Å². The summed E-state index contributed by atoms with van der Waals surface area (Å²) < 4.78 is 42.7. The number of carbonyl (C=O) groups excluding carboxylic acids is 2. The summed E-state index contributed by atoms with van der Waals surface area (Å²) in [7, 11) is -3.92. The van der Waals surface area contributed by atoms with Crippen LogP contribution in [-0.2, 0) is 14.8 Å². The van der Waals surface area contributed by atoms with Crippen molar-refractivity contribution in [2.45, 2.75) is 11.0 Å². The number of aliphatic hydroxyl groups is 1. The van der Waals surface area contributed by atoms with Crippen LogP contribution in [0.5, 0.6) is 17.2 Å². The van der Waals surface area contributed by atoms with Gasteiger partial charge in [-0.05, 0) is 30.3 Å². The highest BCUT2D eigenvalue weighted by atomic mass is 32.2. The van der Waals surface area contributed by atoms with Crippen LogP contribution in [0.2, 0.25) is 0 Å². The van der Waals surface area contributed by atoms with Crippen LogP contribution in [0.25, 0.3) is 0 Å². The topological polar surface area (TPSA) is 144 Å². The van der Waals surface area contributed by atoms with Gasteiger partial charge in [0, 0.05) is 31.3 Å². The Labute approximate surface area is 190 Å². The van der Waals surface area contributed by atoms with Gasteiger partial charge in [0.15, 0.2) is 11.5 Å². The lowest BCUT2D eigenvalue weighted by molar-refractivity contribution is -0.122. The summed E-state index contributed by atoms with van der Waals surface area (Å²) in [5, 5.41) is 15.3. The number of piperazine rings is 1. The molecule has 0 aliphatic carbocycles. The molecule has 1 unspecified atom stereocenters. The van der Waals surface area contributed by atoms with Crippen LogP contribution in [0.1, 0.15) is 10.4 Å². The summed E-state index contributed by atoms with van der Waals surface area (Å²) in [4.78, 5) is 23.9. The van der Waals surface area contributed by atoms with Crippen molar-refractivity contribution in [3.05, 3.63) is 48.0 Å². The van der Waals surface area contributed by atoms with Crippen molar-refractivity contribution in [1.82, 2.24) is 14.9 Å². The number of nitrogens with zero attached hydrogens (tertiary/aromatic N) is 1. The van der Waals surface area contributed by atoms with Gasteiger partial charge in [-0.1, -0.05) is 6.07 Å². The van der Waals surface area contributed by atoms with Gasteiger partial charge in [0.05, 0.1) is 11.4 Å². The molecule has 2 aromatic rings. The molecule has 0 aromatic heterocycles. The Kier molecular flexibility index (Phi) is 6.67. The summed E-state index contributed by atoms with van der Waals surface area (Å²) in [6.45, 7) is 0.0696. The van der Waals surface area contributed by atoms with Crippen molar-refractivity contribution < 1.29 is 37.3 Å². The Bertz CT molecular complexity index is 1150. The molecule has 176 valence electrons. The normalized spacial score (nSPS) is 16.7. The van der Waals surface area contributed by atoms with Gasteiger partial charge in [0.1, 0.15) is 18.5 Å². The lowest BCUT2D eigenvalue weighted by Crippen LogP contribution is -2.49. The molecule has 1 fully saturated rings. The molecule has 33 heavy (non-hydrogen) atoms. The van der Waals surface area contributed by atoms with Crippen molar-refractivity contribution in [3.8, 4) is 17.2 Å². The van der Waals surface area contributed by atoms with E-state index in [2.05, 4.69) is 10.6 Å². The maximum Gasteiger partial charge on any atom is 0.251 e. The Balaban J connectivity index is 1.31. The molecule has 12 heteroatoms. The largest absolute Gasteiger partial charge is 0.491 e. The van der Waals surface area contributed by atoms with Crippen LogP contribution >= 0.6 is 0 Å². The molecule has 0 saturated carbocycles. The number of hydrogen-bond donors (Lipinski definition) is 3. The van der Waals surface area contributed by atoms with E-state index in [0.29, 0.717) is 17.2 Å². The van der Waals surface area contributed by atoms with Crippen LogP contribution in [0.15, 0.2) is 47.4 Å². The second-order valence-electron chi connectivity index (χ2n) is 7.41. The predicted octanol–water partition coefficient (Wildman–Crippen LogP) is -0.294. The molecule has 1 saturated heterocycles. The molecule has 2 heterocycles. The molecule has 11 nitrogen and oxygen atoms in total.